The second-order valence-corrected chi connectivity index (χ2v) is 3.18. The fraction of sp³-hybridized carbons (Fsp3) is 0.333. The molecule has 0 fully saturated rings. The molecule has 12 heavy (non-hydrogen) atoms. The number of nitrogens with two attached hydrogens (primary N) is 1. The van der Waals surface area contributed by atoms with Gasteiger partial charge in [-0.15, -0.1) is 0 Å². The summed E-state index contributed by atoms with van der Waals surface area (Å²) in [7, 11) is 0. The zero-order valence-corrected chi connectivity index (χ0v) is 8.01. The van der Waals surface area contributed by atoms with E-state index in [-0.39, 0.29) is 10.8 Å². The Kier molecular flexibility index (Phi) is 2.71. The maximum atomic E-state index is 12.9. The number of rotatable bonds is 1. The Bertz CT molecular complexity index is 393. The van der Waals surface area contributed by atoms with E-state index in [4.69, 9.17) is 18.0 Å². The Labute approximate surface area is 79.0 Å². The molecule has 0 saturated carbocycles. The van der Waals surface area contributed by atoms with Gasteiger partial charge in [0.15, 0.2) is 10.6 Å². The predicted molar refractivity (Wildman–Crippen MR) is 49.3 cm³/mol. The quantitative estimate of drug-likeness (QED) is 0.688. The van der Waals surface area contributed by atoms with Crippen LogP contribution in [0.25, 0.3) is 0 Å². The molecule has 1 unspecified atom stereocenters. The van der Waals surface area contributed by atoms with Gasteiger partial charge in [0, 0.05) is 6.20 Å². The zero-order chi connectivity index (χ0) is 9.30. The van der Waals surface area contributed by atoms with E-state index in [2.05, 4.69) is 17.2 Å². The highest BCUT2D eigenvalue weighted by molar-refractivity contribution is 7.72. The van der Waals surface area contributed by atoms with Crippen molar-refractivity contribution < 1.29 is 4.39 Å². The van der Waals surface area contributed by atoms with Crippen LogP contribution in [0.2, 0.25) is 0 Å². The van der Waals surface area contributed by atoms with E-state index in [9.17, 15) is 4.39 Å². The highest BCUT2D eigenvalue weighted by Gasteiger charge is 2.01. The molecule has 1 heterocycles. The van der Waals surface area contributed by atoms with Crippen molar-refractivity contribution >= 4 is 24.4 Å². The van der Waals surface area contributed by atoms with Crippen LogP contribution in [0.4, 0.5) is 4.39 Å². The molecule has 0 saturated heterocycles. The molecule has 1 aromatic rings. The van der Waals surface area contributed by atoms with Crippen molar-refractivity contribution in [1.29, 1.82) is 0 Å². The number of nitrogens with one attached hydrogen (secondary N) is 1. The first-order chi connectivity index (χ1) is 5.52. The molecule has 0 aromatic carbocycles. The van der Waals surface area contributed by atoms with Crippen LogP contribution in [0.5, 0.6) is 0 Å². The molecule has 0 aliphatic carbocycles. The molecule has 1 atom stereocenters. The lowest BCUT2D eigenvalue weighted by Crippen LogP contribution is -2.17. The third-order valence-corrected chi connectivity index (χ3v) is 1.97. The Morgan fingerprint density at radius 3 is 2.75 bits per heavy atom. The van der Waals surface area contributed by atoms with Gasteiger partial charge in [-0.05, 0) is 19.1 Å². The third kappa shape index (κ3) is 1.77. The number of aromatic nitrogens is 2. The van der Waals surface area contributed by atoms with Gasteiger partial charge in [0.05, 0.1) is 6.17 Å². The molecule has 1 rings (SSSR count). The lowest BCUT2D eigenvalue weighted by atomic mass is 10.5. The zero-order valence-electron chi connectivity index (χ0n) is 6.37. The predicted octanol–water partition coefficient (Wildman–Crippen LogP) is 1.89. The summed E-state index contributed by atoms with van der Waals surface area (Å²) in [5.41, 5.74) is 5.51. The fourth-order valence-electron chi connectivity index (χ4n) is 0.763. The van der Waals surface area contributed by atoms with Gasteiger partial charge in [-0.3, -0.25) is 0 Å². The second kappa shape index (κ2) is 3.42. The molecule has 0 radical (unpaired) electrons. The van der Waals surface area contributed by atoms with Crippen LogP contribution in [0.3, 0.4) is 0 Å². The van der Waals surface area contributed by atoms with Gasteiger partial charge in [-0.1, -0.05) is 12.2 Å². The van der Waals surface area contributed by atoms with E-state index in [0.29, 0.717) is 4.77 Å². The summed E-state index contributed by atoms with van der Waals surface area (Å²) in [5.74, 6) is -0.518. The molecule has 0 amide bonds. The van der Waals surface area contributed by atoms with Crippen LogP contribution < -0.4 is 5.73 Å². The standard InChI is InChI=1S/C6H8FN3S2/c1-3(8)10-2-4(7)5(11)9-6(10)12/h2-3H,8H2,1H3,(H,9,11,12). The number of hydrogen-bond acceptors (Lipinski definition) is 3. The Morgan fingerprint density at radius 2 is 2.25 bits per heavy atom. The number of hydrogen-bond donors (Lipinski definition) is 2. The highest BCUT2D eigenvalue weighted by Crippen LogP contribution is 2.02. The van der Waals surface area contributed by atoms with Crippen LogP contribution in [-0.2, 0) is 0 Å². The van der Waals surface area contributed by atoms with Gasteiger partial charge >= 0.3 is 0 Å². The smallest absolute Gasteiger partial charge is 0.179 e. The van der Waals surface area contributed by atoms with Gasteiger partial charge in [-0.25, -0.2) is 4.39 Å². The molecule has 6 heteroatoms. The van der Waals surface area contributed by atoms with E-state index in [1.165, 1.54) is 10.8 Å². The summed E-state index contributed by atoms with van der Waals surface area (Å²) in [6.07, 6.45) is 0.838. The minimum Gasteiger partial charge on any atom is -0.321 e. The molecular weight excluding hydrogens is 197 g/mol. The second-order valence-electron chi connectivity index (χ2n) is 2.38. The number of halogens is 1. The normalized spacial score (nSPS) is 12.9. The first-order valence-corrected chi connectivity index (χ1v) is 4.10. The molecule has 1 aromatic heterocycles. The van der Waals surface area contributed by atoms with Crippen LogP contribution in [0.15, 0.2) is 6.20 Å². The summed E-state index contributed by atoms with van der Waals surface area (Å²) >= 11 is 9.50. The summed E-state index contributed by atoms with van der Waals surface area (Å²) in [6.45, 7) is 1.70. The minimum atomic E-state index is -0.518. The summed E-state index contributed by atoms with van der Waals surface area (Å²) in [4.78, 5) is 2.53. The van der Waals surface area contributed by atoms with Crippen LogP contribution in [0, 0.1) is 15.2 Å². The monoisotopic (exact) mass is 205 g/mol. The van der Waals surface area contributed by atoms with Crippen molar-refractivity contribution in [3.8, 4) is 0 Å². The number of aromatic amines is 1. The topological polar surface area (TPSA) is 46.7 Å². The fourth-order valence-corrected chi connectivity index (χ4v) is 1.30. The lowest BCUT2D eigenvalue weighted by Gasteiger charge is -2.09. The SMILES string of the molecule is CC(N)n1cc(F)c(=S)[nH]c1=S. The van der Waals surface area contributed by atoms with E-state index in [0.717, 1.165) is 0 Å². The van der Waals surface area contributed by atoms with Crippen molar-refractivity contribution in [3.05, 3.63) is 21.4 Å². The lowest BCUT2D eigenvalue weighted by molar-refractivity contribution is 0.511. The van der Waals surface area contributed by atoms with Gasteiger partial charge in [0.1, 0.15) is 4.64 Å². The molecule has 0 aliphatic heterocycles. The molecule has 0 spiro atoms. The molecule has 0 aliphatic rings. The van der Waals surface area contributed by atoms with E-state index in [1.807, 2.05) is 0 Å². The summed E-state index contributed by atoms with van der Waals surface area (Å²) in [5, 5.41) is 0. The Balaban J connectivity index is 3.44. The first-order valence-electron chi connectivity index (χ1n) is 3.29. The van der Waals surface area contributed by atoms with Gasteiger partial charge < -0.3 is 15.3 Å². The molecular formula is C6H8FN3S2. The first kappa shape index (κ1) is 9.50. The average Bonchev–Trinajstić information content (AvgIpc) is 1.96. The van der Waals surface area contributed by atoms with Crippen molar-refractivity contribution in [3.63, 3.8) is 0 Å². The van der Waals surface area contributed by atoms with Crippen molar-refractivity contribution in [1.82, 2.24) is 9.55 Å². The molecule has 3 N–H and O–H groups in total. The Morgan fingerprint density at radius 1 is 1.67 bits per heavy atom. The van der Waals surface area contributed by atoms with Crippen molar-refractivity contribution in [2.24, 2.45) is 5.73 Å². The largest absolute Gasteiger partial charge is 0.321 e. The van der Waals surface area contributed by atoms with Crippen LogP contribution >= 0.6 is 24.4 Å². The van der Waals surface area contributed by atoms with Gasteiger partial charge in [0.25, 0.3) is 0 Å². The summed E-state index contributed by atoms with van der Waals surface area (Å²) in [6, 6.07) is 0. The van der Waals surface area contributed by atoms with Gasteiger partial charge in [-0.2, -0.15) is 0 Å². The number of H-pyrrole nitrogens is 1. The van der Waals surface area contributed by atoms with Crippen molar-refractivity contribution in [2.45, 2.75) is 13.1 Å². The van der Waals surface area contributed by atoms with Crippen molar-refractivity contribution in [2.75, 3.05) is 0 Å². The van der Waals surface area contributed by atoms with E-state index >= 15 is 0 Å². The molecule has 0 bridgehead atoms. The molecule has 66 valence electrons. The number of nitrogens with zero attached hydrogens (tertiary/aromatic N) is 1. The highest BCUT2D eigenvalue weighted by atomic mass is 32.1. The summed E-state index contributed by atoms with van der Waals surface area (Å²) < 4.78 is 14.6. The third-order valence-electron chi connectivity index (χ3n) is 1.36. The van der Waals surface area contributed by atoms with Gasteiger partial charge in [0.2, 0.25) is 0 Å². The average molecular weight is 205 g/mol. The maximum absolute atomic E-state index is 12.9. The van der Waals surface area contributed by atoms with Crippen LogP contribution in [-0.4, -0.2) is 9.55 Å². The molecule has 3 nitrogen and oxygen atoms in total. The van der Waals surface area contributed by atoms with E-state index in [1.54, 1.807) is 6.92 Å². The Hall–Kier alpha value is -0.590. The minimum absolute atomic E-state index is 0.0110. The maximum Gasteiger partial charge on any atom is 0.179 e. The van der Waals surface area contributed by atoms with E-state index < -0.39 is 5.82 Å². The van der Waals surface area contributed by atoms with Crippen LogP contribution in [0.1, 0.15) is 13.1 Å².